The van der Waals surface area contributed by atoms with E-state index in [1.165, 1.54) is 0 Å². The molecule has 1 saturated heterocycles. The number of likely N-dealkylation sites (tertiary alicyclic amines) is 1. The van der Waals surface area contributed by atoms with Crippen LogP contribution in [0.15, 0.2) is 47.0 Å². The standard InChI is InChI=1S/C22H24N2O4/c1-15-21(16(2)28-23-15)13-26-20-9-10-24(12-20)22(25)14-27-19-8-7-17-5-3-4-6-18(17)11-19/h3-8,11,20H,9-10,12-14H2,1-2H3/t20-/m0/s1. The lowest BCUT2D eigenvalue weighted by Crippen LogP contribution is -2.34. The largest absolute Gasteiger partial charge is 0.484 e. The fourth-order valence-electron chi connectivity index (χ4n) is 3.49. The average molecular weight is 380 g/mol. The molecule has 1 amide bonds. The fourth-order valence-corrected chi connectivity index (χ4v) is 3.49. The summed E-state index contributed by atoms with van der Waals surface area (Å²) >= 11 is 0. The summed E-state index contributed by atoms with van der Waals surface area (Å²) in [6.45, 7) is 5.56. The Morgan fingerprint density at radius 2 is 2.04 bits per heavy atom. The summed E-state index contributed by atoms with van der Waals surface area (Å²) in [6, 6.07) is 13.9. The number of amides is 1. The van der Waals surface area contributed by atoms with E-state index < -0.39 is 0 Å². The molecule has 6 nitrogen and oxygen atoms in total. The zero-order valence-electron chi connectivity index (χ0n) is 16.2. The molecule has 2 heterocycles. The quantitative estimate of drug-likeness (QED) is 0.653. The molecule has 0 radical (unpaired) electrons. The number of nitrogens with zero attached hydrogens (tertiary/aromatic N) is 2. The number of aromatic nitrogens is 1. The zero-order chi connectivity index (χ0) is 19.5. The fraction of sp³-hybridized carbons (Fsp3) is 0.364. The molecule has 1 fully saturated rings. The summed E-state index contributed by atoms with van der Waals surface area (Å²) < 4.78 is 16.8. The number of hydrogen-bond acceptors (Lipinski definition) is 5. The van der Waals surface area contributed by atoms with E-state index in [9.17, 15) is 4.79 Å². The summed E-state index contributed by atoms with van der Waals surface area (Å²) in [6.07, 6.45) is 0.851. The summed E-state index contributed by atoms with van der Waals surface area (Å²) in [5.74, 6) is 1.47. The number of rotatable bonds is 6. The number of benzene rings is 2. The van der Waals surface area contributed by atoms with Gasteiger partial charge in [0.1, 0.15) is 11.5 Å². The van der Waals surface area contributed by atoms with Crippen LogP contribution < -0.4 is 4.74 Å². The molecular formula is C22H24N2O4. The predicted molar refractivity (Wildman–Crippen MR) is 105 cm³/mol. The topological polar surface area (TPSA) is 64.8 Å². The average Bonchev–Trinajstić information content (AvgIpc) is 3.31. The van der Waals surface area contributed by atoms with Gasteiger partial charge < -0.3 is 18.9 Å². The molecule has 1 aromatic heterocycles. The molecule has 0 bridgehead atoms. The van der Waals surface area contributed by atoms with Crippen molar-refractivity contribution in [1.82, 2.24) is 10.1 Å². The van der Waals surface area contributed by atoms with Crippen molar-refractivity contribution < 1.29 is 18.8 Å². The minimum atomic E-state index is -0.0170. The molecule has 0 saturated carbocycles. The number of hydrogen-bond donors (Lipinski definition) is 0. The first kappa shape index (κ1) is 18.5. The molecule has 146 valence electrons. The molecule has 2 aromatic carbocycles. The number of carbonyl (C=O) groups is 1. The van der Waals surface area contributed by atoms with Gasteiger partial charge in [0.15, 0.2) is 6.61 Å². The monoisotopic (exact) mass is 380 g/mol. The van der Waals surface area contributed by atoms with E-state index in [0.29, 0.717) is 25.4 Å². The van der Waals surface area contributed by atoms with E-state index in [1.54, 1.807) is 4.90 Å². The maximum atomic E-state index is 12.5. The minimum Gasteiger partial charge on any atom is -0.484 e. The van der Waals surface area contributed by atoms with Crippen molar-refractivity contribution in [2.75, 3.05) is 19.7 Å². The Morgan fingerprint density at radius 1 is 1.21 bits per heavy atom. The lowest BCUT2D eigenvalue weighted by molar-refractivity contribution is -0.132. The lowest BCUT2D eigenvalue weighted by atomic mass is 10.1. The van der Waals surface area contributed by atoms with Gasteiger partial charge in [0.05, 0.1) is 18.4 Å². The van der Waals surface area contributed by atoms with E-state index in [4.69, 9.17) is 14.0 Å². The molecule has 1 atom stereocenters. The van der Waals surface area contributed by atoms with Crippen molar-refractivity contribution in [2.24, 2.45) is 0 Å². The van der Waals surface area contributed by atoms with Crippen molar-refractivity contribution in [3.05, 3.63) is 59.5 Å². The van der Waals surface area contributed by atoms with Crippen molar-refractivity contribution in [3.8, 4) is 5.75 Å². The van der Waals surface area contributed by atoms with Gasteiger partial charge in [0.2, 0.25) is 0 Å². The van der Waals surface area contributed by atoms with Gasteiger partial charge in [-0.05, 0) is 43.2 Å². The molecule has 3 aromatic rings. The number of ether oxygens (including phenoxy) is 2. The van der Waals surface area contributed by atoms with Crippen LogP contribution in [0.2, 0.25) is 0 Å². The Kier molecular flexibility index (Phi) is 5.30. The Bertz CT molecular complexity index is 962. The maximum absolute atomic E-state index is 12.5. The van der Waals surface area contributed by atoms with Gasteiger partial charge in [-0.2, -0.15) is 0 Å². The van der Waals surface area contributed by atoms with Crippen LogP contribution in [0.25, 0.3) is 10.8 Å². The summed E-state index contributed by atoms with van der Waals surface area (Å²) in [7, 11) is 0. The van der Waals surface area contributed by atoms with Crippen molar-refractivity contribution >= 4 is 16.7 Å². The van der Waals surface area contributed by atoms with Gasteiger partial charge in [-0.15, -0.1) is 0 Å². The van der Waals surface area contributed by atoms with Crippen LogP contribution in [-0.4, -0.2) is 41.8 Å². The molecule has 6 heteroatoms. The Balaban J connectivity index is 1.27. The zero-order valence-corrected chi connectivity index (χ0v) is 16.2. The second kappa shape index (κ2) is 8.02. The third-order valence-corrected chi connectivity index (χ3v) is 5.23. The van der Waals surface area contributed by atoms with Crippen LogP contribution in [0, 0.1) is 13.8 Å². The van der Waals surface area contributed by atoms with E-state index in [0.717, 1.165) is 34.2 Å². The predicted octanol–water partition coefficient (Wildman–Crippen LogP) is 3.64. The SMILES string of the molecule is Cc1noc(C)c1CO[C@H]1CCN(C(=O)COc2ccc3ccccc3c2)C1. The molecule has 0 aliphatic carbocycles. The first-order chi connectivity index (χ1) is 13.6. The molecule has 0 unspecified atom stereocenters. The first-order valence-corrected chi connectivity index (χ1v) is 9.53. The number of fused-ring (bicyclic) bond motifs is 1. The first-order valence-electron chi connectivity index (χ1n) is 9.53. The van der Waals surface area contributed by atoms with Crippen molar-refractivity contribution in [2.45, 2.75) is 33.0 Å². The van der Waals surface area contributed by atoms with Crippen LogP contribution in [0.3, 0.4) is 0 Å². The molecule has 1 aliphatic heterocycles. The molecule has 28 heavy (non-hydrogen) atoms. The third-order valence-electron chi connectivity index (χ3n) is 5.23. The van der Waals surface area contributed by atoms with Crippen LogP contribution in [-0.2, 0) is 16.1 Å². The molecule has 0 spiro atoms. The highest BCUT2D eigenvalue weighted by Crippen LogP contribution is 2.21. The van der Waals surface area contributed by atoms with Crippen molar-refractivity contribution in [3.63, 3.8) is 0 Å². The van der Waals surface area contributed by atoms with E-state index >= 15 is 0 Å². The molecule has 4 rings (SSSR count). The van der Waals surface area contributed by atoms with Gasteiger partial charge in [-0.25, -0.2) is 0 Å². The Morgan fingerprint density at radius 3 is 2.82 bits per heavy atom. The Labute approximate surface area is 164 Å². The number of aryl methyl sites for hydroxylation is 2. The van der Waals surface area contributed by atoms with Crippen LogP contribution in [0.5, 0.6) is 5.75 Å². The van der Waals surface area contributed by atoms with Gasteiger partial charge in [0.25, 0.3) is 5.91 Å². The Hall–Kier alpha value is -2.86. The normalized spacial score (nSPS) is 16.6. The molecule has 0 N–H and O–H groups in total. The summed E-state index contributed by atoms with van der Waals surface area (Å²) in [4.78, 5) is 14.3. The van der Waals surface area contributed by atoms with Crippen molar-refractivity contribution in [1.29, 1.82) is 0 Å². The van der Waals surface area contributed by atoms with E-state index in [1.807, 2.05) is 50.2 Å². The number of carbonyl (C=O) groups excluding carboxylic acids is 1. The highest BCUT2D eigenvalue weighted by molar-refractivity contribution is 5.84. The molecular weight excluding hydrogens is 356 g/mol. The summed E-state index contributed by atoms with van der Waals surface area (Å²) in [5, 5.41) is 6.19. The second-order valence-corrected chi connectivity index (χ2v) is 7.16. The van der Waals surface area contributed by atoms with Crippen LogP contribution in [0.4, 0.5) is 0 Å². The smallest absolute Gasteiger partial charge is 0.260 e. The molecule has 1 aliphatic rings. The van der Waals surface area contributed by atoms with Crippen LogP contribution >= 0.6 is 0 Å². The van der Waals surface area contributed by atoms with Gasteiger partial charge >= 0.3 is 0 Å². The van der Waals surface area contributed by atoms with Gasteiger partial charge in [-0.3, -0.25) is 4.79 Å². The van der Waals surface area contributed by atoms with Crippen LogP contribution in [0.1, 0.15) is 23.4 Å². The maximum Gasteiger partial charge on any atom is 0.260 e. The highest BCUT2D eigenvalue weighted by Gasteiger charge is 2.27. The van der Waals surface area contributed by atoms with E-state index in [-0.39, 0.29) is 18.6 Å². The van der Waals surface area contributed by atoms with E-state index in [2.05, 4.69) is 11.2 Å². The van der Waals surface area contributed by atoms with Gasteiger partial charge in [-0.1, -0.05) is 35.5 Å². The van der Waals surface area contributed by atoms with Gasteiger partial charge in [0, 0.05) is 18.7 Å². The third kappa shape index (κ3) is 4.02. The minimum absolute atomic E-state index is 0.0170. The highest BCUT2D eigenvalue weighted by atomic mass is 16.5. The lowest BCUT2D eigenvalue weighted by Gasteiger charge is -2.17. The summed E-state index contributed by atoms with van der Waals surface area (Å²) in [5.41, 5.74) is 1.84. The second-order valence-electron chi connectivity index (χ2n) is 7.16.